The number of carbonyl (C=O) groups excluding carboxylic acids is 1. The van der Waals surface area contributed by atoms with Gasteiger partial charge in [0.2, 0.25) is 5.91 Å². The lowest BCUT2D eigenvalue weighted by Crippen LogP contribution is -2.43. The van der Waals surface area contributed by atoms with Crippen LogP contribution in [0.2, 0.25) is 0 Å². The lowest BCUT2D eigenvalue weighted by Gasteiger charge is -2.29. The fourth-order valence-electron chi connectivity index (χ4n) is 3.94. The van der Waals surface area contributed by atoms with Gasteiger partial charge in [0.1, 0.15) is 6.54 Å². The number of hydrogen-bond donors (Lipinski definition) is 1. The van der Waals surface area contributed by atoms with E-state index in [-0.39, 0.29) is 24.1 Å². The number of nitrogens with one attached hydrogen (secondary N) is 1. The van der Waals surface area contributed by atoms with E-state index < -0.39 is 0 Å². The second-order valence-corrected chi connectivity index (χ2v) is 8.34. The molecule has 1 aliphatic rings. The Hall–Kier alpha value is -2.21. The van der Waals surface area contributed by atoms with Gasteiger partial charge >= 0.3 is 0 Å². The second-order valence-electron chi connectivity index (χ2n) is 7.29. The normalized spacial score (nSPS) is 20.5. The Bertz CT molecular complexity index is 1040. The molecule has 0 radical (unpaired) electrons. The van der Waals surface area contributed by atoms with Crippen LogP contribution in [0.5, 0.6) is 0 Å². The summed E-state index contributed by atoms with van der Waals surface area (Å²) in [7, 11) is 0. The number of nitrogens with zero attached hydrogens (tertiary/aromatic N) is 2. The molecule has 0 saturated heterocycles. The predicted molar refractivity (Wildman–Crippen MR) is 106 cm³/mol. The molecule has 4 rings (SSSR count). The average molecular weight is 369 g/mol. The predicted octanol–water partition coefficient (Wildman–Crippen LogP) is 3.61. The highest BCUT2D eigenvalue weighted by atomic mass is 32.1. The monoisotopic (exact) mass is 369 g/mol. The van der Waals surface area contributed by atoms with Crippen LogP contribution in [0.15, 0.2) is 29.1 Å². The molecule has 2 atom stereocenters. The molecule has 1 amide bonds. The molecule has 1 saturated carbocycles. The van der Waals surface area contributed by atoms with Crippen LogP contribution in [0.25, 0.3) is 20.2 Å². The maximum Gasteiger partial charge on any atom is 0.276 e. The van der Waals surface area contributed by atoms with Crippen LogP contribution in [0, 0.1) is 12.8 Å². The van der Waals surface area contributed by atoms with Gasteiger partial charge in [-0.1, -0.05) is 38.0 Å². The van der Waals surface area contributed by atoms with Crippen molar-refractivity contribution < 1.29 is 4.79 Å². The number of benzene rings is 1. The molecule has 0 spiro atoms. The standard InChI is InChI=1S/C20H23N3O2S/c1-12-7-3-5-9-15(12)21-17(24)11-23-20(25)18-14-8-4-6-10-16(14)26-19(18)13(2)22-23/h4,6,8,10,12,15H,3,5,7,9,11H2,1-2H3,(H,21,24)/t12-,15-/m1/s1. The number of aromatic nitrogens is 2. The summed E-state index contributed by atoms with van der Waals surface area (Å²) in [6.45, 7) is 4.06. The van der Waals surface area contributed by atoms with Gasteiger partial charge in [0.05, 0.1) is 15.8 Å². The third kappa shape index (κ3) is 3.03. The number of aryl methyl sites for hydroxylation is 1. The van der Waals surface area contributed by atoms with Gasteiger partial charge in [0.25, 0.3) is 5.56 Å². The minimum Gasteiger partial charge on any atom is -0.351 e. The molecule has 136 valence electrons. The zero-order valence-electron chi connectivity index (χ0n) is 15.1. The van der Waals surface area contributed by atoms with Crippen molar-refractivity contribution >= 4 is 37.4 Å². The van der Waals surface area contributed by atoms with E-state index in [0.29, 0.717) is 11.3 Å². The van der Waals surface area contributed by atoms with E-state index >= 15 is 0 Å². The highest BCUT2D eigenvalue weighted by molar-refractivity contribution is 7.26. The maximum atomic E-state index is 13.0. The number of rotatable bonds is 3. The molecule has 6 heteroatoms. The third-order valence-electron chi connectivity index (χ3n) is 5.39. The first-order valence-corrected chi connectivity index (χ1v) is 10.0. The van der Waals surface area contributed by atoms with Crippen LogP contribution in [-0.2, 0) is 11.3 Å². The van der Waals surface area contributed by atoms with E-state index in [2.05, 4.69) is 17.3 Å². The first kappa shape index (κ1) is 17.2. The second kappa shape index (κ2) is 6.83. The molecule has 1 aromatic carbocycles. The van der Waals surface area contributed by atoms with Crippen LogP contribution in [-0.4, -0.2) is 21.7 Å². The van der Waals surface area contributed by atoms with Gasteiger partial charge in [0, 0.05) is 16.1 Å². The van der Waals surface area contributed by atoms with Crippen molar-refractivity contribution in [3.8, 4) is 0 Å². The molecule has 26 heavy (non-hydrogen) atoms. The largest absolute Gasteiger partial charge is 0.351 e. The zero-order valence-corrected chi connectivity index (χ0v) is 15.9. The number of thiophene rings is 1. The van der Waals surface area contributed by atoms with Crippen molar-refractivity contribution in [1.82, 2.24) is 15.1 Å². The molecular weight excluding hydrogens is 346 g/mol. The number of hydrogen-bond acceptors (Lipinski definition) is 4. The summed E-state index contributed by atoms with van der Waals surface area (Å²) in [5.74, 6) is 0.360. The van der Waals surface area contributed by atoms with E-state index in [1.807, 2.05) is 31.2 Å². The van der Waals surface area contributed by atoms with Crippen LogP contribution in [0.3, 0.4) is 0 Å². The van der Waals surface area contributed by atoms with Gasteiger partial charge in [-0.25, -0.2) is 4.68 Å². The minimum atomic E-state index is -0.185. The first-order valence-electron chi connectivity index (χ1n) is 9.23. The smallest absolute Gasteiger partial charge is 0.276 e. The summed E-state index contributed by atoms with van der Waals surface area (Å²) in [5, 5.41) is 9.13. The molecule has 2 aromatic heterocycles. The molecule has 3 aromatic rings. The summed E-state index contributed by atoms with van der Waals surface area (Å²) < 4.78 is 3.30. The van der Waals surface area contributed by atoms with Crippen molar-refractivity contribution in [2.24, 2.45) is 5.92 Å². The molecule has 0 aliphatic heterocycles. The van der Waals surface area contributed by atoms with Crippen molar-refractivity contribution in [1.29, 1.82) is 0 Å². The van der Waals surface area contributed by atoms with E-state index in [1.54, 1.807) is 11.3 Å². The summed E-state index contributed by atoms with van der Waals surface area (Å²) in [6.07, 6.45) is 4.55. The van der Waals surface area contributed by atoms with E-state index in [0.717, 1.165) is 39.7 Å². The van der Waals surface area contributed by atoms with Crippen LogP contribution < -0.4 is 10.9 Å². The Morgan fingerprint density at radius 2 is 2.08 bits per heavy atom. The highest BCUT2D eigenvalue weighted by Gasteiger charge is 2.23. The first-order chi connectivity index (χ1) is 12.5. The van der Waals surface area contributed by atoms with Crippen LogP contribution in [0.4, 0.5) is 0 Å². The topological polar surface area (TPSA) is 64.0 Å². The van der Waals surface area contributed by atoms with Crippen LogP contribution in [0.1, 0.15) is 38.3 Å². The number of carbonyl (C=O) groups is 1. The zero-order chi connectivity index (χ0) is 18.3. The Morgan fingerprint density at radius 3 is 2.88 bits per heavy atom. The molecule has 2 heterocycles. The summed E-state index contributed by atoms with van der Waals surface area (Å²) in [6, 6.07) is 8.09. The molecule has 1 fully saturated rings. The molecule has 0 bridgehead atoms. The Labute approximate surface area is 156 Å². The third-order valence-corrected chi connectivity index (χ3v) is 6.67. The van der Waals surface area contributed by atoms with Crippen LogP contribution >= 0.6 is 11.3 Å². The molecule has 1 aliphatic carbocycles. The SMILES string of the molecule is Cc1nn(CC(=O)N[C@@H]2CCCC[C@H]2C)c(=O)c2c1sc1ccccc12. The van der Waals surface area contributed by atoms with E-state index in [1.165, 1.54) is 11.1 Å². The van der Waals surface area contributed by atoms with Crippen molar-refractivity contribution in [2.45, 2.75) is 52.1 Å². The van der Waals surface area contributed by atoms with Crippen molar-refractivity contribution in [2.75, 3.05) is 0 Å². The summed E-state index contributed by atoms with van der Waals surface area (Å²) in [4.78, 5) is 25.5. The average Bonchev–Trinajstić information content (AvgIpc) is 3.02. The van der Waals surface area contributed by atoms with E-state index in [9.17, 15) is 9.59 Å². The van der Waals surface area contributed by atoms with Gasteiger partial charge in [-0.3, -0.25) is 9.59 Å². The van der Waals surface area contributed by atoms with Gasteiger partial charge in [-0.2, -0.15) is 5.10 Å². The fraction of sp³-hybridized carbons (Fsp3) is 0.450. The Morgan fingerprint density at radius 1 is 1.31 bits per heavy atom. The molecule has 0 unspecified atom stereocenters. The highest BCUT2D eigenvalue weighted by Crippen LogP contribution is 2.32. The summed E-state index contributed by atoms with van der Waals surface area (Å²) in [5.41, 5.74) is 0.606. The maximum absolute atomic E-state index is 13.0. The number of fused-ring (bicyclic) bond motifs is 3. The van der Waals surface area contributed by atoms with Gasteiger partial charge < -0.3 is 5.32 Å². The summed E-state index contributed by atoms with van der Waals surface area (Å²) >= 11 is 1.58. The van der Waals surface area contributed by atoms with Crippen molar-refractivity contribution in [3.63, 3.8) is 0 Å². The lowest BCUT2D eigenvalue weighted by molar-refractivity contribution is -0.123. The lowest BCUT2D eigenvalue weighted by atomic mass is 9.86. The molecule has 5 nitrogen and oxygen atoms in total. The fourth-order valence-corrected chi connectivity index (χ4v) is 5.07. The quantitative estimate of drug-likeness (QED) is 0.767. The van der Waals surface area contributed by atoms with E-state index in [4.69, 9.17) is 0 Å². The Kier molecular flexibility index (Phi) is 4.53. The molecular formula is C20H23N3O2S. The van der Waals surface area contributed by atoms with Crippen molar-refractivity contribution in [3.05, 3.63) is 40.3 Å². The van der Waals surface area contributed by atoms with Gasteiger partial charge in [0.15, 0.2) is 0 Å². The molecule has 1 N–H and O–H groups in total. The minimum absolute atomic E-state index is 0.0248. The Balaban J connectivity index is 1.66. The number of amides is 1. The van der Waals surface area contributed by atoms with Gasteiger partial charge in [-0.05, 0) is 31.7 Å². The van der Waals surface area contributed by atoms with Gasteiger partial charge in [-0.15, -0.1) is 11.3 Å².